The molecule has 0 amide bonds. The Morgan fingerprint density at radius 2 is 1.65 bits per heavy atom. The maximum Gasteiger partial charge on any atom is 0.335 e. The van der Waals surface area contributed by atoms with E-state index in [1.54, 1.807) is 30.5 Å². The third-order valence-corrected chi connectivity index (χ3v) is 2.28. The number of benzene rings is 2. The van der Waals surface area contributed by atoms with E-state index in [-0.39, 0.29) is 5.56 Å². The molecule has 0 heterocycles. The van der Waals surface area contributed by atoms with Crippen LogP contribution in [-0.4, -0.2) is 17.3 Å². The van der Waals surface area contributed by atoms with E-state index >= 15 is 0 Å². The highest BCUT2D eigenvalue weighted by Gasteiger charge is 2.00. The lowest BCUT2D eigenvalue weighted by Crippen LogP contribution is -1.94. The molecule has 0 fully saturated rings. The van der Waals surface area contributed by atoms with E-state index in [1.807, 2.05) is 30.3 Å². The van der Waals surface area contributed by atoms with E-state index in [2.05, 4.69) is 4.99 Å². The topological polar surface area (TPSA) is 49.7 Å². The van der Waals surface area contributed by atoms with Crippen LogP contribution >= 0.6 is 0 Å². The molecule has 0 saturated carbocycles. The summed E-state index contributed by atoms with van der Waals surface area (Å²) in [6, 6.07) is 16.2. The van der Waals surface area contributed by atoms with Gasteiger partial charge in [-0.2, -0.15) is 0 Å². The second kappa shape index (κ2) is 5.07. The van der Waals surface area contributed by atoms with Gasteiger partial charge in [-0.15, -0.1) is 0 Å². The minimum Gasteiger partial charge on any atom is -0.478 e. The third-order valence-electron chi connectivity index (χ3n) is 2.28. The summed E-state index contributed by atoms with van der Waals surface area (Å²) in [5, 5.41) is 8.75. The quantitative estimate of drug-likeness (QED) is 0.816. The van der Waals surface area contributed by atoms with Crippen LogP contribution in [0.1, 0.15) is 15.9 Å². The van der Waals surface area contributed by atoms with Gasteiger partial charge in [0.2, 0.25) is 0 Å². The normalized spacial score (nSPS) is 10.6. The summed E-state index contributed by atoms with van der Waals surface area (Å²) < 4.78 is 0. The van der Waals surface area contributed by atoms with E-state index in [4.69, 9.17) is 5.11 Å². The van der Waals surface area contributed by atoms with Crippen molar-refractivity contribution in [3.8, 4) is 0 Å². The number of aliphatic imine (C=N–C) groups is 1. The molecule has 0 unspecified atom stereocenters. The van der Waals surface area contributed by atoms with Crippen LogP contribution < -0.4 is 0 Å². The maximum atomic E-state index is 10.7. The van der Waals surface area contributed by atoms with Gasteiger partial charge in [0, 0.05) is 6.21 Å². The Hall–Kier alpha value is -2.42. The highest BCUT2D eigenvalue weighted by molar-refractivity contribution is 5.88. The van der Waals surface area contributed by atoms with Crippen LogP contribution in [-0.2, 0) is 0 Å². The van der Waals surface area contributed by atoms with Crippen molar-refractivity contribution in [2.45, 2.75) is 0 Å². The minimum absolute atomic E-state index is 0.267. The Balaban J connectivity index is 2.14. The molecule has 0 aromatic heterocycles. The third kappa shape index (κ3) is 3.01. The van der Waals surface area contributed by atoms with E-state index in [0.29, 0.717) is 0 Å². The van der Waals surface area contributed by atoms with Crippen molar-refractivity contribution in [3.63, 3.8) is 0 Å². The fourth-order valence-electron chi connectivity index (χ4n) is 1.38. The monoisotopic (exact) mass is 225 g/mol. The summed E-state index contributed by atoms with van der Waals surface area (Å²) in [5.74, 6) is -0.927. The summed E-state index contributed by atoms with van der Waals surface area (Å²) in [6.07, 6.45) is 1.75. The van der Waals surface area contributed by atoms with Crippen molar-refractivity contribution in [1.82, 2.24) is 0 Å². The fourth-order valence-corrected chi connectivity index (χ4v) is 1.38. The Kier molecular flexibility index (Phi) is 3.31. The predicted molar refractivity (Wildman–Crippen MR) is 67.1 cm³/mol. The molecule has 0 bridgehead atoms. The van der Waals surface area contributed by atoms with Crippen LogP contribution in [0, 0.1) is 0 Å². The summed E-state index contributed by atoms with van der Waals surface area (Å²) >= 11 is 0. The van der Waals surface area contributed by atoms with Gasteiger partial charge >= 0.3 is 5.97 Å². The largest absolute Gasteiger partial charge is 0.478 e. The summed E-state index contributed by atoms with van der Waals surface area (Å²) in [4.78, 5) is 14.9. The first-order chi connectivity index (χ1) is 8.25. The minimum atomic E-state index is -0.927. The summed E-state index contributed by atoms with van der Waals surface area (Å²) in [6.45, 7) is 0. The first-order valence-electron chi connectivity index (χ1n) is 5.18. The highest BCUT2D eigenvalue weighted by atomic mass is 16.4. The average molecular weight is 225 g/mol. The zero-order valence-electron chi connectivity index (χ0n) is 9.08. The smallest absolute Gasteiger partial charge is 0.335 e. The number of carboxylic acids is 1. The molecule has 2 rings (SSSR count). The molecule has 2 aromatic rings. The van der Waals surface area contributed by atoms with Crippen LogP contribution in [0.4, 0.5) is 5.69 Å². The Labute approximate surface area is 99.1 Å². The lowest BCUT2D eigenvalue weighted by Gasteiger charge is -1.96. The van der Waals surface area contributed by atoms with Crippen LogP contribution in [0.15, 0.2) is 59.6 Å². The summed E-state index contributed by atoms with van der Waals surface area (Å²) in [5.41, 5.74) is 2.01. The number of aromatic carboxylic acids is 1. The van der Waals surface area contributed by atoms with Crippen LogP contribution in [0.5, 0.6) is 0 Å². The van der Waals surface area contributed by atoms with Gasteiger partial charge in [0.05, 0.1) is 11.3 Å². The molecule has 0 atom stereocenters. The van der Waals surface area contributed by atoms with E-state index in [0.717, 1.165) is 11.3 Å². The standard InChI is InChI=1S/C14H11NO2/c16-14(17)12-6-8-13(9-7-12)15-10-11-4-2-1-3-5-11/h1-10H,(H,16,17). The number of nitrogens with zero attached hydrogens (tertiary/aromatic N) is 1. The maximum absolute atomic E-state index is 10.7. The van der Waals surface area contributed by atoms with E-state index < -0.39 is 5.97 Å². The molecular weight excluding hydrogens is 214 g/mol. The van der Waals surface area contributed by atoms with Gasteiger partial charge < -0.3 is 5.11 Å². The molecule has 2 aromatic carbocycles. The Morgan fingerprint density at radius 1 is 1.00 bits per heavy atom. The van der Waals surface area contributed by atoms with Crippen LogP contribution in [0.3, 0.4) is 0 Å². The van der Waals surface area contributed by atoms with Gasteiger partial charge in [0.15, 0.2) is 0 Å². The van der Waals surface area contributed by atoms with Crippen molar-refractivity contribution in [2.24, 2.45) is 4.99 Å². The molecule has 0 radical (unpaired) electrons. The van der Waals surface area contributed by atoms with Crippen LogP contribution in [0.2, 0.25) is 0 Å². The van der Waals surface area contributed by atoms with Crippen molar-refractivity contribution in [3.05, 3.63) is 65.7 Å². The predicted octanol–water partition coefficient (Wildman–Crippen LogP) is 3.14. The van der Waals surface area contributed by atoms with Crippen LogP contribution in [0.25, 0.3) is 0 Å². The molecule has 0 saturated heterocycles. The lowest BCUT2D eigenvalue weighted by atomic mass is 10.2. The zero-order valence-corrected chi connectivity index (χ0v) is 9.08. The van der Waals surface area contributed by atoms with Gasteiger partial charge in [0.1, 0.15) is 0 Å². The molecular formula is C14H11NO2. The Morgan fingerprint density at radius 3 is 2.24 bits per heavy atom. The van der Waals surface area contributed by atoms with Gasteiger partial charge in [-0.25, -0.2) is 4.79 Å². The molecule has 0 aliphatic carbocycles. The summed E-state index contributed by atoms with van der Waals surface area (Å²) in [7, 11) is 0. The van der Waals surface area contributed by atoms with Crippen molar-refractivity contribution >= 4 is 17.9 Å². The first kappa shape index (κ1) is 11.1. The average Bonchev–Trinajstić information content (AvgIpc) is 2.38. The van der Waals surface area contributed by atoms with Crippen molar-refractivity contribution in [1.29, 1.82) is 0 Å². The molecule has 17 heavy (non-hydrogen) atoms. The van der Waals surface area contributed by atoms with E-state index in [1.165, 1.54) is 0 Å². The van der Waals surface area contributed by atoms with Gasteiger partial charge in [-0.05, 0) is 29.8 Å². The number of hydrogen-bond donors (Lipinski definition) is 1. The number of carbonyl (C=O) groups is 1. The molecule has 0 spiro atoms. The number of carboxylic acid groups (broad SMARTS) is 1. The highest BCUT2D eigenvalue weighted by Crippen LogP contribution is 2.13. The SMILES string of the molecule is O=C(O)c1ccc(N=Cc2ccccc2)cc1. The van der Waals surface area contributed by atoms with Gasteiger partial charge in [0.25, 0.3) is 0 Å². The van der Waals surface area contributed by atoms with Gasteiger partial charge in [-0.1, -0.05) is 30.3 Å². The second-order valence-electron chi connectivity index (χ2n) is 3.52. The van der Waals surface area contributed by atoms with Crippen molar-refractivity contribution < 1.29 is 9.90 Å². The zero-order chi connectivity index (χ0) is 12.1. The molecule has 3 nitrogen and oxygen atoms in total. The lowest BCUT2D eigenvalue weighted by molar-refractivity contribution is 0.0697. The van der Waals surface area contributed by atoms with Gasteiger partial charge in [-0.3, -0.25) is 4.99 Å². The number of hydrogen-bond acceptors (Lipinski definition) is 2. The fraction of sp³-hybridized carbons (Fsp3) is 0. The molecule has 0 aliphatic rings. The molecule has 3 heteroatoms. The number of rotatable bonds is 3. The van der Waals surface area contributed by atoms with E-state index in [9.17, 15) is 4.79 Å². The Bertz CT molecular complexity index is 530. The first-order valence-corrected chi connectivity index (χ1v) is 5.18. The van der Waals surface area contributed by atoms with Crippen molar-refractivity contribution in [2.75, 3.05) is 0 Å². The molecule has 84 valence electrons. The molecule has 1 N–H and O–H groups in total. The molecule has 0 aliphatic heterocycles. The second-order valence-corrected chi connectivity index (χ2v) is 3.52.